The molecule has 0 fully saturated rings. The number of fused-ring (bicyclic) bond motifs is 1. The quantitative estimate of drug-likeness (QED) is 0.758. The van der Waals surface area contributed by atoms with Crippen molar-refractivity contribution in [2.75, 3.05) is 13.2 Å². The lowest BCUT2D eigenvalue weighted by Crippen LogP contribution is -2.16. The van der Waals surface area contributed by atoms with Gasteiger partial charge in [0.25, 0.3) is 0 Å². The Morgan fingerprint density at radius 3 is 2.64 bits per heavy atom. The SMILES string of the molecule is NCc1sc(C(=O)O)c2c1OCCO2. The Morgan fingerprint density at radius 2 is 2.07 bits per heavy atom. The van der Waals surface area contributed by atoms with Crippen LogP contribution in [-0.4, -0.2) is 24.3 Å². The molecule has 1 aliphatic heterocycles. The van der Waals surface area contributed by atoms with E-state index in [1.54, 1.807) is 0 Å². The van der Waals surface area contributed by atoms with Crippen LogP contribution in [0.15, 0.2) is 0 Å². The predicted molar refractivity (Wildman–Crippen MR) is 50.2 cm³/mol. The molecular formula is C8H9NO4S. The first-order valence-corrected chi connectivity index (χ1v) is 4.90. The van der Waals surface area contributed by atoms with Gasteiger partial charge in [0.05, 0.1) is 4.88 Å². The average molecular weight is 215 g/mol. The lowest BCUT2D eigenvalue weighted by atomic mass is 10.3. The zero-order valence-electron chi connectivity index (χ0n) is 7.28. The molecule has 0 aliphatic carbocycles. The molecule has 0 radical (unpaired) electrons. The lowest BCUT2D eigenvalue weighted by molar-refractivity contribution is 0.0693. The molecule has 0 unspecified atom stereocenters. The second-order valence-corrected chi connectivity index (χ2v) is 3.82. The van der Waals surface area contributed by atoms with Crippen LogP contribution in [0.2, 0.25) is 0 Å². The molecule has 6 heteroatoms. The molecule has 3 N–H and O–H groups in total. The van der Waals surface area contributed by atoms with Crippen LogP contribution in [0.25, 0.3) is 0 Å². The summed E-state index contributed by atoms with van der Waals surface area (Å²) in [5, 5.41) is 8.88. The monoisotopic (exact) mass is 215 g/mol. The van der Waals surface area contributed by atoms with Gasteiger partial charge in [-0.25, -0.2) is 4.79 Å². The maximum atomic E-state index is 10.8. The number of rotatable bonds is 2. The van der Waals surface area contributed by atoms with Crippen LogP contribution >= 0.6 is 11.3 Å². The van der Waals surface area contributed by atoms with Crippen molar-refractivity contribution in [2.45, 2.75) is 6.54 Å². The number of carboxylic acids is 1. The van der Waals surface area contributed by atoms with Crippen LogP contribution in [-0.2, 0) is 6.54 Å². The Bertz CT molecular complexity index is 374. The van der Waals surface area contributed by atoms with Crippen molar-refractivity contribution in [3.05, 3.63) is 9.75 Å². The highest BCUT2D eigenvalue weighted by Gasteiger charge is 2.27. The number of nitrogens with two attached hydrogens (primary N) is 1. The van der Waals surface area contributed by atoms with E-state index in [4.69, 9.17) is 20.3 Å². The molecule has 2 rings (SSSR count). The Morgan fingerprint density at radius 1 is 1.43 bits per heavy atom. The molecule has 0 aromatic carbocycles. The minimum atomic E-state index is -1.00. The van der Waals surface area contributed by atoms with Crippen molar-refractivity contribution in [1.29, 1.82) is 0 Å². The van der Waals surface area contributed by atoms with Gasteiger partial charge in [-0.3, -0.25) is 0 Å². The normalized spacial score (nSPS) is 14.1. The molecule has 0 amide bonds. The summed E-state index contributed by atoms with van der Waals surface area (Å²) in [4.78, 5) is 11.7. The lowest BCUT2D eigenvalue weighted by Gasteiger charge is -2.16. The molecule has 0 saturated carbocycles. The van der Waals surface area contributed by atoms with Crippen LogP contribution in [0.1, 0.15) is 14.5 Å². The maximum absolute atomic E-state index is 10.8. The zero-order chi connectivity index (χ0) is 10.1. The van der Waals surface area contributed by atoms with Gasteiger partial charge in [0.1, 0.15) is 13.2 Å². The fraction of sp³-hybridized carbons (Fsp3) is 0.375. The highest BCUT2D eigenvalue weighted by atomic mass is 32.1. The summed E-state index contributed by atoms with van der Waals surface area (Å²) < 4.78 is 10.6. The average Bonchev–Trinajstić information content (AvgIpc) is 2.56. The molecule has 14 heavy (non-hydrogen) atoms. The second-order valence-electron chi connectivity index (χ2n) is 2.72. The van der Waals surface area contributed by atoms with Gasteiger partial charge in [0.15, 0.2) is 16.4 Å². The maximum Gasteiger partial charge on any atom is 0.349 e. The third kappa shape index (κ3) is 1.32. The van der Waals surface area contributed by atoms with Gasteiger partial charge in [0.2, 0.25) is 0 Å². The minimum absolute atomic E-state index is 0.167. The number of thiophene rings is 1. The molecule has 2 heterocycles. The predicted octanol–water partition coefficient (Wildman–Crippen LogP) is 0.676. The Kier molecular flexibility index (Phi) is 2.30. The number of hydrogen-bond acceptors (Lipinski definition) is 5. The molecule has 1 aromatic rings. The highest BCUT2D eigenvalue weighted by molar-refractivity contribution is 7.14. The van der Waals surface area contributed by atoms with Crippen molar-refractivity contribution >= 4 is 17.3 Å². The van der Waals surface area contributed by atoms with Gasteiger partial charge in [-0.15, -0.1) is 11.3 Å². The standard InChI is InChI=1S/C8H9NO4S/c9-3-4-5-6(13-2-1-12-5)7(14-4)8(10)11/h1-3,9H2,(H,10,11). The van der Waals surface area contributed by atoms with E-state index in [-0.39, 0.29) is 11.4 Å². The zero-order valence-corrected chi connectivity index (χ0v) is 8.10. The summed E-state index contributed by atoms with van der Waals surface area (Å²) >= 11 is 1.11. The van der Waals surface area contributed by atoms with E-state index in [0.29, 0.717) is 24.7 Å². The number of aromatic carboxylic acids is 1. The first-order valence-electron chi connectivity index (χ1n) is 4.08. The van der Waals surface area contributed by atoms with Crippen LogP contribution < -0.4 is 15.2 Å². The van der Waals surface area contributed by atoms with Crippen molar-refractivity contribution in [3.63, 3.8) is 0 Å². The van der Waals surface area contributed by atoms with Gasteiger partial charge in [-0.05, 0) is 0 Å². The summed E-state index contributed by atoms with van der Waals surface area (Å²) in [6, 6.07) is 0. The van der Waals surface area contributed by atoms with Gasteiger partial charge >= 0.3 is 5.97 Å². The molecule has 0 bridgehead atoms. The third-order valence-corrected chi connectivity index (χ3v) is 3.01. The molecule has 76 valence electrons. The number of carbonyl (C=O) groups is 1. The largest absolute Gasteiger partial charge is 0.485 e. The van der Waals surface area contributed by atoms with Gasteiger partial charge < -0.3 is 20.3 Å². The summed E-state index contributed by atoms with van der Waals surface area (Å²) in [7, 11) is 0. The van der Waals surface area contributed by atoms with E-state index in [1.807, 2.05) is 0 Å². The number of ether oxygens (including phenoxy) is 2. The fourth-order valence-corrected chi connectivity index (χ4v) is 2.19. The molecule has 5 nitrogen and oxygen atoms in total. The first-order chi connectivity index (χ1) is 6.74. The van der Waals surface area contributed by atoms with Crippen molar-refractivity contribution < 1.29 is 19.4 Å². The van der Waals surface area contributed by atoms with Crippen molar-refractivity contribution in [3.8, 4) is 11.5 Å². The topological polar surface area (TPSA) is 81.8 Å². The Labute approximate surface area is 84.0 Å². The minimum Gasteiger partial charge on any atom is -0.485 e. The van der Waals surface area contributed by atoms with Crippen LogP contribution in [0.5, 0.6) is 11.5 Å². The smallest absolute Gasteiger partial charge is 0.349 e. The molecule has 1 aliphatic rings. The van der Waals surface area contributed by atoms with E-state index in [9.17, 15) is 4.79 Å². The van der Waals surface area contributed by atoms with E-state index in [2.05, 4.69) is 0 Å². The fourth-order valence-electron chi connectivity index (χ4n) is 1.29. The van der Waals surface area contributed by atoms with Crippen molar-refractivity contribution in [2.24, 2.45) is 5.73 Å². The highest BCUT2D eigenvalue weighted by Crippen LogP contribution is 2.43. The van der Waals surface area contributed by atoms with Gasteiger partial charge in [-0.2, -0.15) is 0 Å². The van der Waals surface area contributed by atoms with E-state index in [1.165, 1.54) is 0 Å². The number of hydrogen-bond donors (Lipinski definition) is 2. The summed E-state index contributed by atoms with van der Waals surface area (Å²) in [5.41, 5.74) is 5.47. The van der Waals surface area contributed by atoms with Gasteiger partial charge in [0, 0.05) is 6.54 Å². The number of carboxylic acid groups (broad SMARTS) is 1. The first kappa shape index (κ1) is 9.29. The molecule has 0 atom stereocenters. The Balaban J connectivity index is 2.52. The third-order valence-electron chi connectivity index (χ3n) is 1.85. The molecular weight excluding hydrogens is 206 g/mol. The van der Waals surface area contributed by atoms with Crippen LogP contribution in [0, 0.1) is 0 Å². The van der Waals surface area contributed by atoms with E-state index in [0.717, 1.165) is 16.2 Å². The van der Waals surface area contributed by atoms with Crippen LogP contribution in [0.4, 0.5) is 0 Å². The second kappa shape index (κ2) is 3.47. The van der Waals surface area contributed by atoms with Gasteiger partial charge in [-0.1, -0.05) is 0 Å². The van der Waals surface area contributed by atoms with Crippen LogP contribution in [0.3, 0.4) is 0 Å². The van der Waals surface area contributed by atoms with E-state index < -0.39 is 5.97 Å². The van der Waals surface area contributed by atoms with Crippen molar-refractivity contribution in [1.82, 2.24) is 0 Å². The summed E-state index contributed by atoms with van der Waals surface area (Å²) in [6.45, 7) is 1.09. The molecule has 0 spiro atoms. The van der Waals surface area contributed by atoms with E-state index >= 15 is 0 Å². The molecule has 0 saturated heterocycles. The molecule has 1 aromatic heterocycles. The Hall–Kier alpha value is -1.27. The summed E-state index contributed by atoms with van der Waals surface area (Å²) in [6.07, 6.45) is 0. The summed E-state index contributed by atoms with van der Waals surface area (Å²) in [5.74, 6) is -0.174.